The number of aryl methyl sites for hydroxylation is 1. The minimum atomic E-state index is 0.144. The van der Waals surface area contributed by atoms with Crippen molar-refractivity contribution < 1.29 is 4.42 Å². The molecule has 1 unspecified atom stereocenters. The van der Waals surface area contributed by atoms with Gasteiger partial charge in [0.25, 0.3) is 0 Å². The predicted molar refractivity (Wildman–Crippen MR) is 70.6 cm³/mol. The average molecular weight is 278 g/mol. The van der Waals surface area contributed by atoms with Crippen molar-refractivity contribution in [1.82, 2.24) is 14.9 Å². The fraction of sp³-hybridized carbons (Fsp3) is 0.273. The molecule has 4 heterocycles. The molecular formula is C11H10N4OS2. The first kappa shape index (κ1) is 10.6. The molecule has 0 radical (unpaired) electrons. The molecule has 0 N–H and O–H groups in total. The number of furan rings is 1. The van der Waals surface area contributed by atoms with Crippen molar-refractivity contribution in [2.75, 3.05) is 5.01 Å². The lowest BCUT2D eigenvalue weighted by molar-refractivity contribution is 0.478. The molecule has 92 valence electrons. The number of nitrogens with zero attached hydrogens (tertiary/aromatic N) is 4. The number of hydrogen-bond donors (Lipinski definition) is 0. The van der Waals surface area contributed by atoms with E-state index < -0.39 is 0 Å². The first-order chi connectivity index (χ1) is 8.88. The molecule has 2 aliphatic heterocycles. The van der Waals surface area contributed by atoms with Gasteiger partial charge in [0.1, 0.15) is 10.8 Å². The fourth-order valence-corrected chi connectivity index (χ4v) is 4.33. The van der Waals surface area contributed by atoms with Gasteiger partial charge in [0, 0.05) is 11.8 Å². The zero-order valence-electron chi connectivity index (χ0n) is 9.61. The molecule has 7 heteroatoms. The van der Waals surface area contributed by atoms with Gasteiger partial charge in [-0.05, 0) is 23.9 Å². The van der Waals surface area contributed by atoms with Gasteiger partial charge in [0.2, 0.25) is 5.16 Å². The summed E-state index contributed by atoms with van der Waals surface area (Å²) in [6.45, 7) is 2.09. The van der Waals surface area contributed by atoms with Crippen molar-refractivity contribution in [3.05, 3.63) is 40.4 Å². The normalized spacial score (nSPS) is 21.1. The largest absolute Gasteiger partial charge is 0.466 e. The number of hydrogen-bond acceptors (Lipinski definition) is 6. The van der Waals surface area contributed by atoms with Crippen molar-refractivity contribution in [2.24, 2.45) is 0 Å². The summed E-state index contributed by atoms with van der Waals surface area (Å²) >= 11 is 3.41. The zero-order valence-corrected chi connectivity index (χ0v) is 11.2. The molecule has 0 amide bonds. The minimum Gasteiger partial charge on any atom is -0.466 e. The number of thioether (sulfide) groups is 2. The summed E-state index contributed by atoms with van der Waals surface area (Å²) < 4.78 is 7.63. The molecule has 0 bridgehead atoms. The van der Waals surface area contributed by atoms with Crippen LogP contribution >= 0.6 is 23.5 Å². The van der Waals surface area contributed by atoms with Gasteiger partial charge in [0.05, 0.1) is 6.26 Å². The van der Waals surface area contributed by atoms with Gasteiger partial charge < -0.3 is 4.42 Å². The van der Waals surface area contributed by atoms with Gasteiger partial charge >= 0.3 is 0 Å². The Morgan fingerprint density at radius 1 is 1.44 bits per heavy atom. The molecule has 2 aliphatic rings. The quantitative estimate of drug-likeness (QED) is 0.841. The third-order valence-corrected chi connectivity index (χ3v) is 5.09. The van der Waals surface area contributed by atoms with Crippen LogP contribution in [0.5, 0.6) is 0 Å². The summed E-state index contributed by atoms with van der Waals surface area (Å²) in [5, 5.41) is 15.1. The van der Waals surface area contributed by atoms with Crippen molar-refractivity contribution in [1.29, 1.82) is 0 Å². The van der Waals surface area contributed by atoms with Crippen molar-refractivity contribution in [2.45, 2.75) is 23.9 Å². The monoisotopic (exact) mass is 278 g/mol. The standard InChI is InChI=1S/C11H10N4OS2/c1-2-8-12-13-11-14(8)15-9(18-11)6-17-10(15)7-4-3-5-16-7/h3-6,10H,2H2,1H3. The molecule has 0 fully saturated rings. The highest BCUT2D eigenvalue weighted by atomic mass is 32.2. The molecule has 5 nitrogen and oxygen atoms in total. The molecule has 0 aliphatic carbocycles. The van der Waals surface area contributed by atoms with Crippen LogP contribution < -0.4 is 5.01 Å². The molecular weight excluding hydrogens is 268 g/mol. The summed E-state index contributed by atoms with van der Waals surface area (Å²) in [7, 11) is 0. The average Bonchev–Trinajstić information content (AvgIpc) is 3.09. The lowest BCUT2D eigenvalue weighted by atomic mass is 10.4. The van der Waals surface area contributed by atoms with Crippen LogP contribution in [0.4, 0.5) is 0 Å². The second-order valence-corrected chi connectivity index (χ2v) is 5.91. The van der Waals surface area contributed by atoms with E-state index in [1.165, 1.54) is 5.03 Å². The molecule has 0 spiro atoms. The number of rotatable bonds is 2. The maximum absolute atomic E-state index is 5.53. The van der Waals surface area contributed by atoms with Gasteiger partial charge in [-0.1, -0.05) is 18.7 Å². The van der Waals surface area contributed by atoms with E-state index in [4.69, 9.17) is 4.42 Å². The van der Waals surface area contributed by atoms with Crippen LogP contribution in [0.25, 0.3) is 0 Å². The first-order valence-corrected chi connectivity index (χ1v) is 7.45. The van der Waals surface area contributed by atoms with Gasteiger partial charge in [-0.25, -0.2) is 9.69 Å². The lowest BCUT2D eigenvalue weighted by Crippen LogP contribution is -2.30. The summed E-state index contributed by atoms with van der Waals surface area (Å²) in [6, 6.07) is 3.93. The van der Waals surface area contributed by atoms with E-state index in [2.05, 4.69) is 32.2 Å². The van der Waals surface area contributed by atoms with Gasteiger partial charge in [-0.15, -0.1) is 10.2 Å². The Labute approximate surface area is 112 Å². The zero-order chi connectivity index (χ0) is 12.1. The van der Waals surface area contributed by atoms with Crippen LogP contribution in [-0.2, 0) is 6.42 Å². The third-order valence-electron chi connectivity index (χ3n) is 2.94. The van der Waals surface area contributed by atoms with E-state index in [0.717, 1.165) is 23.2 Å². The molecule has 1 atom stereocenters. The maximum atomic E-state index is 5.53. The highest BCUT2D eigenvalue weighted by Crippen LogP contribution is 2.51. The lowest BCUT2D eigenvalue weighted by Gasteiger charge is -2.23. The third kappa shape index (κ3) is 1.31. The van der Waals surface area contributed by atoms with Gasteiger partial charge in [0.15, 0.2) is 11.2 Å². The molecule has 0 aromatic carbocycles. The maximum Gasteiger partial charge on any atom is 0.216 e. The van der Waals surface area contributed by atoms with Crippen LogP contribution in [0, 0.1) is 0 Å². The molecule has 0 saturated carbocycles. The summed E-state index contributed by atoms with van der Waals surface area (Å²) in [6.07, 6.45) is 2.58. The van der Waals surface area contributed by atoms with Gasteiger partial charge in [-0.3, -0.25) is 0 Å². The number of aromatic nitrogens is 3. The Bertz CT molecular complexity index is 619. The fourth-order valence-electron chi connectivity index (χ4n) is 2.13. The van der Waals surface area contributed by atoms with E-state index in [0.29, 0.717) is 0 Å². The highest BCUT2D eigenvalue weighted by molar-refractivity contribution is 8.07. The van der Waals surface area contributed by atoms with Gasteiger partial charge in [-0.2, -0.15) is 0 Å². The van der Waals surface area contributed by atoms with E-state index >= 15 is 0 Å². The topological polar surface area (TPSA) is 47.1 Å². The van der Waals surface area contributed by atoms with Crippen LogP contribution in [0.3, 0.4) is 0 Å². The van der Waals surface area contributed by atoms with Crippen LogP contribution in [-0.4, -0.2) is 14.9 Å². The second kappa shape index (κ2) is 3.83. The smallest absolute Gasteiger partial charge is 0.216 e. The van der Waals surface area contributed by atoms with E-state index in [-0.39, 0.29) is 5.37 Å². The predicted octanol–water partition coefficient (Wildman–Crippen LogP) is 2.72. The summed E-state index contributed by atoms with van der Waals surface area (Å²) in [5.41, 5.74) is 0. The van der Waals surface area contributed by atoms with Crippen LogP contribution in [0.1, 0.15) is 23.9 Å². The second-order valence-electron chi connectivity index (χ2n) is 3.97. The first-order valence-electron chi connectivity index (χ1n) is 5.69. The van der Waals surface area contributed by atoms with Crippen LogP contribution in [0.2, 0.25) is 0 Å². The SMILES string of the molecule is CCc1nnc2n1N1C(=CSC1c1ccco1)S2. The number of fused-ring (bicyclic) bond motifs is 3. The van der Waals surface area contributed by atoms with Crippen molar-refractivity contribution in [3.8, 4) is 0 Å². The summed E-state index contributed by atoms with van der Waals surface area (Å²) in [5.74, 6) is 1.94. The van der Waals surface area contributed by atoms with E-state index in [1.54, 1.807) is 29.8 Å². The van der Waals surface area contributed by atoms with E-state index in [9.17, 15) is 0 Å². The molecule has 2 aromatic heterocycles. The van der Waals surface area contributed by atoms with Crippen LogP contribution in [0.15, 0.2) is 38.4 Å². The minimum absolute atomic E-state index is 0.144. The van der Waals surface area contributed by atoms with Crippen molar-refractivity contribution in [3.63, 3.8) is 0 Å². The molecule has 18 heavy (non-hydrogen) atoms. The highest BCUT2D eigenvalue weighted by Gasteiger charge is 2.40. The Morgan fingerprint density at radius 3 is 3.17 bits per heavy atom. The molecule has 4 rings (SSSR count). The summed E-state index contributed by atoms with van der Waals surface area (Å²) in [4.78, 5) is 0. The molecule has 0 saturated heterocycles. The molecule has 2 aromatic rings. The Morgan fingerprint density at radius 2 is 2.39 bits per heavy atom. The van der Waals surface area contributed by atoms with E-state index in [1.807, 2.05) is 12.1 Å². The Kier molecular flexibility index (Phi) is 2.25. The Balaban J connectivity index is 1.81. The Hall–Kier alpha value is -1.34. The van der Waals surface area contributed by atoms with Crippen molar-refractivity contribution >= 4 is 23.5 Å².